The Labute approximate surface area is 307 Å². The molecule has 280 valence electrons. The number of nitrogens with one attached hydrogen (secondary N) is 3. The second kappa shape index (κ2) is 20.2. The molecule has 0 bridgehead atoms. The smallest absolute Gasteiger partial charge is 0.245 e. The van der Waals surface area contributed by atoms with Gasteiger partial charge in [-0.05, 0) is 86.2 Å². The van der Waals surface area contributed by atoms with Gasteiger partial charge < -0.3 is 30.3 Å². The first-order valence-electron chi connectivity index (χ1n) is 18.1. The summed E-state index contributed by atoms with van der Waals surface area (Å²) >= 11 is 0. The van der Waals surface area contributed by atoms with Crippen LogP contribution in [-0.4, -0.2) is 90.3 Å². The van der Waals surface area contributed by atoms with Gasteiger partial charge in [-0.3, -0.25) is 29.1 Å². The molecule has 1 aliphatic rings. The van der Waals surface area contributed by atoms with Crippen LogP contribution < -0.4 is 25.4 Å². The Balaban J connectivity index is 1.49. The van der Waals surface area contributed by atoms with Gasteiger partial charge in [-0.25, -0.2) is 0 Å². The molecular formula is C40H54N6O6. The number of likely N-dealkylation sites (N-methyl/N-ethyl adjacent to an activating group) is 1. The van der Waals surface area contributed by atoms with Gasteiger partial charge >= 0.3 is 0 Å². The fourth-order valence-corrected chi connectivity index (χ4v) is 6.08. The zero-order valence-electron chi connectivity index (χ0n) is 31.1. The largest absolute Gasteiger partial charge is 0.497 e. The van der Waals surface area contributed by atoms with E-state index in [1.165, 1.54) is 4.90 Å². The molecule has 0 radical (unpaired) electrons. The minimum absolute atomic E-state index is 0.107. The molecule has 3 atom stereocenters. The summed E-state index contributed by atoms with van der Waals surface area (Å²) in [7, 11) is 3.15. The van der Waals surface area contributed by atoms with Crippen LogP contribution >= 0.6 is 0 Å². The SMILES string of the molecule is COc1ccc(C[C@@H]2NC(=O)[C@@H](CC(C)C)NC(=O)CCCN(Cc3cccc(OCc4ccccn4)c3)CCCNC(=O)[C@H](C)N(C)C2=O)cc1. The highest BCUT2D eigenvalue weighted by atomic mass is 16.5. The van der Waals surface area contributed by atoms with Crippen LogP contribution in [0.3, 0.4) is 0 Å². The highest BCUT2D eigenvalue weighted by Crippen LogP contribution is 2.18. The molecule has 4 amide bonds. The van der Waals surface area contributed by atoms with Crippen molar-refractivity contribution >= 4 is 23.6 Å². The lowest BCUT2D eigenvalue weighted by molar-refractivity contribution is -0.141. The van der Waals surface area contributed by atoms with Crippen molar-refractivity contribution in [2.75, 3.05) is 33.8 Å². The molecule has 0 aliphatic carbocycles. The summed E-state index contributed by atoms with van der Waals surface area (Å²) in [6, 6.07) is 18.3. The van der Waals surface area contributed by atoms with Gasteiger partial charge in [0.25, 0.3) is 0 Å². The molecule has 1 saturated heterocycles. The summed E-state index contributed by atoms with van der Waals surface area (Å²) in [5, 5.41) is 8.85. The van der Waals surface area contributed by atoms with E-state index in [1.54, 1.807) is 39.4 Å². The van der Waals surface area contributed by atoms with E-state index in [0.29, 0.717) is 57.8 Å². The van der Waals surface area contributed by atoms with Gasteiger partial charge in [0, 0.05) is 45.7 Å². The zero-order chi connectivity index (χ0) is 37.5. The van der Waals surface area contributed by atoms with Crippen molar-refractivity contribution in [1.82, 2.24) is 30.7 Å². The van der Waals surface area contributed by atoms with Gasteiger partial charge in [0.1, 0.15) is 36.2 Å². The first-order valence-corrected chi connectivity index (χ1v) is 18.1. The van der Waals surface area contributed by atoms with Crippen LogP contribution in [0.5, 0.6) is 11.5 Å². The number of hydrogen-bond acceptors (Lipinski definition) is 8. The van der Waals surface area contributed by atoms with Gasteiger partial charge in [-0.15, -0.1) is 0 Å². The van der Waals surface area contributed by atoms with E-state index in [-0.39, 0.29) is 30.6 Å². The molecule has 4 rings (SSSR count). The van der Waals surface area contributed by atoms with E-state index in [4.69, 9.17) is 9.47 Å². The van der Waals surface area contributed by atoms with E-state index in [0.717, 1.165) is 22.6 Å². The molecule has 52 heavy (non-hydrogen) atoms. The predicted octanol–water partition coefficient (Wildman–Crippen LogP) is 3.88. The number of methoxy groups -OCH3 is 1. The minimum Gasteiger partial charge on any atom is -0.497 e. The third kappa shape index (κ3) is 12.7. The third-order valence-corrected chi connectivity index (χ3v) is 9.13. The molecule has 1 aliphatic heterocycles. The maximum Gasteiger partial charge on any atom is 0.245 e. The summed E-state index contributed by atoms with van der Waals surface area (Å²) in [5.41, 5.74) is 2.71. The van der Waals surface area contributed by atoms with Gasteiger partial charge in [-0.1, -0.05) is 44.2 Å². The van der Waals surface area contributed by atoms with Crippen LogP contribution in [-0.2, 0) is 38.8 Å². The highest BCUT2D eigenvalue weighted by molar-refractivity contribution is 5.94. The molecule has 3 N–H and O–H groups in total. The average Bonchev–Trinajstić information content (AvgIpc) is 3.14. The first-order chi connectivity index (χ1) is 25.0. The number of amides is 4. The fourth-order valence-electron chi connectivity index (χ4n) is 6.08. The molecule has 2 aromatic carbocycles. The predicted molar refractivity (Wildman–Crippen MR) is 199 cm³/mol. The summed E-state index contributed by atoms with van der Waals surface area (Å²) in [5.74, 6) is 0.181. The number of rotatable bonds is 10. The molecule has 12 nitrogen and oxygen atoms in total. The summed E-state index contributed by atoms with van der Waals surface area (Å²) in [6.45, 7) is 8.35. The zero-order valence-corrected chi connectivity index (χ0v) is 31.1. The molecule has 0 unspecified atom stereocenters. The Kier molecular flexibility index (Phi) is 15.4. The topological polar surface area (TPSA) is 142 Å². The van der Waals surface area contributed by atoms with Crippen LogP contribution in [0.1, 0.15) is 63.3 Å². The second-order valence-corrected chi connectivity index (χ2v) is 13.8. The van der Waals surface area contributed by atoms with Crippen molar-refractivity contribution in [3.05, 3.63) is 89.7 Å². The lowest BCUT2D eigenvalue weighted by Crippen LogP contribution is -2.57. The molecule has 1 fully saturated rings. The highest BCUT2D eigenvalue weighted by Gasteiger charge is 2.32. The summed E-state index contributed by atoms with van der Waals surface area (Å²) < 4.78 is 11.3. The summed E-state index contributed by atoms with van der Waals surface area (Å²) in [4.78, 5) is 62.2. The maximum atomic E-state index is 13.9. The molecule has 3 aromatic rings. The average molecular weight is 715 g/mol. The summed E-state index contributed by atoms with van der Waals surface area (Å²) in [6.07, 6.45) is 3.82. The van der Waals surface area contributed by atoms with Gasteiger partial charge in [0.15, 0.2) is 0 Å². The molecular weight excluding hydrogens is 660 g/mol. The quantitative estimate of drug-likeness (QED) is 0.288. The van der Waals surface area contributed by atoms with Crippen molar-refractivity contribution in [3.8, 4) is 11.5 Å². The number of carbonyl (C=O) groups is 4. The first kappa shape index (κ1) is 39.8. The van der Waals surface area contributed by atoms with Crippen molar-refractivity contribution in [2.24, 2.45) is 5.92 Å². The van der Waals surface area contributed by atoms with Gasteiger partial charge in [0.2, 0.25) is 23.6 Å². The molecule has 2 heterocycles. The van der Waals surface area contributed by atoms with Crippen molar-refractivity contribution in [1.29, 1.82) is 0 Å². The maximum absolute atomic E-state index is 13.9. The molecule has 1 aromatic heterocycles. The number of aromatic nitrogens is 1. The number of hydrogen-bond donors (Lipinski definition) is 3. The normalized spacial score (nSPS) is 20.3. The van der Waals surface area contributed by atoms with Crippen LogP contribution in [0.25, 0.3) is 0 Å². The third-order valence-electron chi connectivity index (χ3n) is 9.13. The molecule has 0 spiro atoms. The number of ether oxygens (including phenoxy) is 2. The Morgan fingerprint density at radius 3 is 2.35 bits per heavy atom. The Morgan fingerprint density at radius 2 is 1.63 bits per heavy atom. The van der Waals surface area contributed by atoms with Crippen molar-refractivity contribution < 1.29 is 28.7 Å². The second-order valence-electron chi connectivity index (χ2n) is 13.8. The van der Waals surface area contributed by atoms with Gasteiger partial charge in [0.05, 0.1) is 12.8 Å². The van der Waals surface area contributed by atoms with E-state index in [9.17, 15) is 19.2 Å². The molecule has 12 heteroatoms. The van der Waals surface area contributed by atoms with Crippen LogP contribution in [0.15, 0.2) is 72.9 Å². The Hall–Kier alpha value is -4.97. The van der Waals surface area contributed by atoms with Crippen LogP contribution in [0, 0.1) is 5.92 Å². The van der Waals surface area contributed by atoms with E-state index < -0.39 is 29.9 Å². The van der Waals surface area contributed by atoms with Crippen LogP contribution in [0.2, 0.25) is 0 Å². The number of pyridine rings is 1. The number of carbonyl (C=O) groups excluding carboxylic acids is 4. The monoisotopic (exact) mass is 714 g/mol. The lowest BCUT2D eigenvalue weighted by Gasteiger charge is -2.30. The van der Waals surface area contributed by atoms with E-state index >= 15 is 0 Å². The van der Waals surface area contributed by atoms with Crippen molar-refractivity contribution in [2.45, 2.75) is 84.2 Å². The minimum atomic E-state index is -0.959. The fraction of sp³-hybridized carbons (Fsp3) is 0.475. The number of nitrogens with zero attached hydrogens (tertiary/aromatic N) is 3. The van der Waals surface area contributed by atoms with Crippen molar-refractivity contribution in [3.63, 3.8) is 0 Å². The van der Waals surface area contributed by atoms with E-state index in [1.807, 2.05) is 68.4 Å². The Bertz CT molecular complexity index is 1600. The Morgan fingerprint density at radius 1 is 0.865 bits per heavy atom. The van der Waals surface area contributed by atoms with E-state index in [2.05, 4.69) is 25.8 Å². The standard InChI is InChI=1S/C40H54N6O6/c1-28(2)23-35-39(49)44-36(25-30-15-17-33(51-5)18-16-30)40(50)45(4)29(3)38(48)42-20-10-22-46(21-9-14-37(47)43-35)26-31-11-8-13-34(24-31)52-27-32-12-6-7-19-41-32/h6-8,11-13,15-19,24,28-29,35-36H,9-10,14,20-23,25-27H2,1-5H3,(H,42,48)(H,43,47)(H,44,49)/t29-,35+,36-/m0/s1. The van der Waals surface area contributed by atoms with Crippen LogP contribution in [0.4, 0.5) is 0 Å². The lowest BCUT2D eigenvalue weighted by atomic mass is 10.00. The van der Waals surface area contributed by atoms with Gasteiger partial charge in [-0.2, -0.15) is 0 Å². The molecule has 0 saturated carbocycles. The number of benzene rings is 2.